The van der Waals surface area contributed by atoms with E-state index in [4.69, 9.17) is 31.7 Å². The molecule has 0 bridgehead atoms. The third-order valence-electron chi connectivity index (χ3n) is 4.03. The van der Waals surface area contributed by atoms with Crippen LogP contribution in [0.2, 0.25) is 5.02 Å². The van der Waals surface area contributed by atoms with Gasteiger partial charge in [0.1, 0.15) is 18.3 Å². The second kappa shape index (κ2) is 6.93. The predicted octanol–water partition coefficient (Wildman–Crippen LogP) is 2.53. The summed E-state index contributed by atoms with van der Waals surface area (Å²) in [6.07, 6.45) is 3.51. The molecule has 8 nitrogen and oxygen atoms in total. The van der Waals surface area contributed by atoms with Gasteiger partial charge in [-0.3, -0.25) is 0 Å². The van der Waals surface area contributed by atoms with Gasteiger partial charge < -0.3 is 9.94 Å². The summed E-state index contributed by atoms with van der Waals surface area (Å²) in [7, 11) is 0. The third-order valence-corrected chi connectivity index (χ3v) is 4.28. The van der Waals surface area contributed by atoms with Crippen LogP contribution in [0.3, 0.4) is 0 Å². The Labute approximate surface area is 137 Å². The minimum Gasteiger partial charge on any atom is -0.365 e. The Morgan fingerprint density at radius 3 is 2.48 bits per heavy atom. The molecule has 0 spiro atoms. The molecule has 3 rings (SSSR count). The first-order valence-electron chi connectivity index (χ1n) is 6.94. The van der Waals surface area contributed by atoms with Gasteiger partial charge in [0.05, 0.1) is 12.6 Å². The largest absolute Gasteiger partial charge is 0.365 e. The van der Waals surface area contributed by atoms with E-state index in [1.165, 1.54) is 0 Å². The van der Waals surface area contributed by atoms with Crippen molar-refractivity contribution in [2.45, 2.75) is 32.1 Å². The number of hydrogen-bond acceptors (Lipinski definition) is 5. The molecule has 0 radical (unpaired) electrons. The minimum atomic E-state index is -1.50. The SMILES string of the molecule is CC1OC(Cn2cncn2)(c2ccc(Cl)cc2)C1C.O=[N+]([O-])O. The number of hydrogen-bond donors (Lipinski definition) is 1. The first kappa shape index (κ1) is 17.2. The molecule has 1 N–H and O–H groups in total. The van der Waals surface area contributed by atoms with E-state index in [0.717, 1.165) is 10.6 Å². The highest BCUT2D eigenvalue weighted by Crippen LogP contribution is 2.48. The van der Waals surface area contributed by atoms with Crippen LogP contribution in [0.1, 0.15) is 19.4 Å². The van der Waals surface area contributed by atoms with Crippen LogP contribution in [0.4, 0.5) is 0 Å². The van der Waals surface area contributed by atoms with Crippen molar-refractivity contribution in [3.63, 3.8) is 0 Å². The number of benzene rings is 1. The van der Waals surface area contributed by atoms with E-state index in [2.05, 4.69) is 23.9 Å². The summed E-state index contributed by atoms with van der Waals surface area (Å²) in [5.74, 6) is 0.415. The summed E-state index contributed by atoms with van der Waals surface area (Å²) in [6.45, 7) is 4.97. The zero-order chi connectivity index (χ0) is 17.0. The predicted molar refractivity (Wildman–Crippen MR) is 81.6 cm³/mol. The molecule has 2 aromatic rings. The Morgan fingerprint density at radius 1 is 1.43 bits per heavy atom. The van der Waals surface area contributed by atoms with Crippen LogP contribution >= 0.6 is 11.6 Å². The third kappa shape index (κ3) is 3.77. The molecule has 3 atom stereocenters. The van der Waals surface area contributed by atoms with Crippen molar-refractivity contribution in [1.82, 2.24) is 14.8 Å². The van der Waals surface area contributed by atoms with E-state index in [1.54, 1.807) is 12.7 Å². The van der Waals surface area contributed by atoms with Gasteiger partial charge in [-0.1, -0.05) is 30.7 Å². The van der Waals surface area contributed by atoms with Crippen LogP contribution in [0.25, 0.3) is 0 Å². The van der Waals surface area contributed by atoms with Crippen molar-refractivity contribution >= 4 is 11.6 Å². The second-order valence-electron chi connectivity index (χ2n) is 5.34. The van der Waals surface area contributed by atoms with Gasteiger partial charge in [0.2, 0.25) is 0 Å². The first-order valence-corrected chi connectivity index (χ1v) is 7.32. The Morgan fingerprint density at radius 2 is 2.04 bits per heavy atom. The van der Waals surface area contributed by atoms with Gasteiger partial charge in [-0.25, -0.2) is 9.67 Å². The van der Waals surface area contributed by atoms with Gasteiger partial charge in [0, 0.05) is 10.9 Å². The van der Waals surface area contributed by atoms with Gasteiger partial charge in [-0.05, 0) is 24.6 Å². The Bertz CT molecular complexity index is 645. The van der Waals surface area contributed by atoms with Crippen LogP contribution in [-0.4, -0.2) is 31.2 Å². The molecule has 23 heavy (non-hydrogen) atoms. The van der Waals surface area contributed by atoms with Crippen LogP contribution in [0.15, 0.2) is 36.9 Å². The maximum absolute atomic E-state index is 8.36. The molecule has 1 aromatic heterocycles. The molecule has 0 saturated carbocycles. The van der Waals surface area contributed by atoms with E-state index in [1.807, 2.05) is 28.9 Å². The maximum Gasteiger partial charge on any atom is 0.291 e. The molecular formula is C14H17ClN4O4. The molecule has 0 amide bonds. The summed E-state index contributed by atoms with van der Waals surface area (Å²) in [4.78, 5) is 12.4. The molecule has 3 unspecified atom stereocenters. The lowest BCUT2D eigenvalue weighted by atomic mass is 9.74. The molecule has 2 heterocycles. The Hall–Kier alpha value is -2.19. The minimum absolute atomic E-state index is 0.249. The molecule has 9 heteroatoms. The highest BCUT2D eigenvalue weighted by molar-refractivity contribution is 6.30. The topological polar surface area (TPSA) is 103 Å². The Kier molecular flexibility index (Phi) is 5.17. The molecule has 1 aromatic carbocycles. The number of halogens is 1. The molecule has 124 valence electrons. The van der Waals surface area contributed by atoms with E-state index in [9.17, 15) is 0 Å². The number of rotatable bonds is 3. The fraction of sp³-hybridized carbons (Fsp3) is 0.429. The summed E-state index contributed by atoms with van der Waals surface area (Å²) >= 11 is 5.96. The van der Waals surface area contributed by atoms with Crippen LogP contribution in [0.5, 0.6) is 0 Å². The fourth-order valence-corrected chi connectivity index (χ4v) is 2.86. The smallest absolute Gasteiger partial charge is 0.291 e. The van der Waals surface area contributed by atoms with Gasteiger partial charge in [0.25, 0.3) is 5.09 Å². The van der Waals surface area contributed by atoms with E-state index in [-0.39, 0.29) is 11.7 Å². The van der Waals surface area contributed by atoms with Gasteiger partial charge in [0.15, 0.2) is 0 Å². The van der Waals surface area contributed by atoms with Crippen LogP contribution < -0.4 is 0 Å². The number of aromatic nitrogens is 3. The van der Waals surface area contributed by atoms with Crippen molar-refractivity contribution in [3.05, 3.63) is 57.6 Å². The van der Waals surface area contributed by atoms with Gasteiger partial charge in [-0.15, -0.1) is 10.1 Å². The molecular weight excluding hydrogens is 324 g/mol. The molecule has 1 aliphatic heterocycles. The molecule has 1 fully saturated rings. The van der Waals surface area contributed by atoms with Crippen molar-refractivity contribution in [2.24, 2.45) is 5.92 Å². The van der Waals surface area contributed by atoms with Crippen LogP contribution in [0, 0.1) is 16.0 Å². The number of nitrogens with zero attached hydrogens (tertiary/aromatic N) is 4. The average Bonchev–Trinajstić information content (AvgIpc) is 2.99. The lowest BCUT2D eigenvalue weighted by Gasteiger charge is -2.53. The van der Waals surface area contributed by atoms with Gasteiger partial charge >= 0.3 is 0 Å². The molecule has 1 aliphatic rings. The second-order valence-corrected chi connectivity index (χ2v) is 5.78. The van der Waals surface area contributed by atoms with Crippen molar-refractivity contribution in [2.75, 3.05) is 0 Å². The summed E-state index contributed by atoms with van der Waals surface area (Å²) in [6, 6.07) is 7.86. The van der Waals surface area contributed by atoms with E-state index in [0.29, 0.717) is 12.5 Å². The van der Waals surface area contributed by atoms with E-state index >= 15 is 0 Å². The average molecular weight is 341 g/mol. The lowest BCUT2D eigenvalue weighted by molar-refractivity contribution is -0.742. The maximum atomic E-state index is 8.36. The highest BCUT2D eigenvalue weighted by atomic mass is 35.5. The number of ether oxygens (including phenoxy) is 1. The van der Waals surface area contributed by atoms with E-state index < -0.39 is 5.09 Å². The zero-order valence-corrected chi connectivity index (χ0v) is 13.4. The van der Waals surface area contributed by atoms with Crippen molar-refractivity contribution in [3.8, 4) is 0 Å². The zero-order valence-electron chi connectivity index (χ0n) is 12.7. The standard InChI is InChI=1S/C14H16ClN3O.HNO3/c1-10-11(2)19-14(10,7-18-9-16-8-17-18)12-3-5-13(15)6-4-12;2-1(3)4/h3-6,8-11H,7H2,1-2H3;(H,2,3,4). The normalized spacial score (nSPS) is 25.9. The van der Waals surface area contributed by atoms with Crippen molar-refractivity contribution in [1.29, 1.82) is 0 Å². The van der Waals surface area contributed by atoms with Crippen LogP contribution in [-0.2, 0) is 16.9 Å². The lowest BCUT2D eigenvalue weighted by Crippen LogP contribution is -2.57. The fourth-order valence-electron chi connectivity index (χ4n) is 2.74. The monoisotopic (exact) mass is 340 g/mol. The molecule has 0 aliphatic carbocycles. The van der Waals surface area contributed by atoms with Gasteiger partial charge in [-0.2, -0.15) is 5.10 Å². The highest BCUT2D eigenvalue weighted by Gasteiger charge is 2.52. The first-order chi connectivity index (χ1) is 10.8. The Balaban J connectivity index is 0.000000433. The quantitative estimate of drug-likeness (QED) is 0.680. The summed E-state index contributed by atoms with van der Waals surface area (Å²) in [5.41, 5.74) is 0.801. The summed E-state index contributed by atoms with van der Waals surface area (Å²) < 4.78 is 7.92. The van der Waals surface area contributed by atoms with Crippen molar-refractivity contribution < 1.29 is 15.0 Å². The summed E-state index contributed by atoms with van der Waals surface area (Å²) in [5, 5.41) is 18.6. The molecule has 1 saturated heterocycles.